The zero-order valence-electron chi connectivity index (χ0n) is 14.9. The van der Waals surface area contributed by atoms with Crippen molar-refractivity contribution in [2.75, 3.05) is 19.8 Å². The average molecular weight is 395 g/mol. The molecule has 0 aliphatic heterocycles. The number of sulfonamides is 1. The molecule has 0 atom stereocenters. The zero-order valence-corrected chi connectivity index (χ0v) is 16.5. The van der Waals surface area contributed by atoms with Gasteiger partial charge in [0.2, 0.25) is 15.9 Å². The second kappa shape index (κ2) is 9.16. The van der Waals surface area contributed by atoms with Crippen molar-refractivity contribution < 1.29 is 13.2 Å². The Morgan fingerprint density at radius 1 is 1.00 bits per heavy atom. The molecule has 26 heavy (non-hydrogen) atoms. The van der Waals surface area contributed by atoms with Gasteiger partial charge in [-0.2, -0.15) is 4.31 Å². The normalized spacial score (nSPS) is 11.5. The van der Waals surface area contributed by atoms with E-state index in [1.54, 1.807) is 36.2 Å². The van der Waals surface area contributed by atoms with Crippen molar-refractivity contribution in [1.82, 2.24) is 9.21 Å². The summed E-state index contributed by atoms with van der Waals surface area (Å²) < 4.78 is 25.4. The number of amides is 1. The third kappa shape index (κ3) is 6.12. The van der Waals surface area contributed by atoms with E-state index in [0.717, 1.165) is 11.8 Å². The van der Waals surface area contributed by atoms with Crippen molar-refractivity contribution in [3.63, 3.8) is 0 Å². The number of hydrogen-bond donors (Lipinski definition) is 0. The minimum absolute atomic E-state index is 0.110. The van der Waals surface area contributed by atoms with Crippen molar-refractivity contribution in [1.29, 1.82) is 0 Å². The molecule has 0 fully saturated rings. The fourth-order valence-electron chi connectivity index (χ4n) is 2.54. The molecule has 0 saturated carbocycles. The molecule has 0 N–H and O–H groups in total. The van der Waals surface area contributed by atoms with Crippen molar-refractivity contribution in [3.8, 4) is 0 Å². The first-order valence-corrected chi connectivity index (χ1v) is 10.5. The summed E-state index contributed by atoms with van der Waals surface area (Å²) in [6, 6.07) is 16.8. The monoisotopic (exact) mass is 394 g/mol. The Balaban J connectivity index is 1.98. The summed E-state index contributed by atoms with van der Waals surface area (Å²) in [5.74, 6) is -0.110. The molecule has 0 aliphatic carbocycles. The highest BCUT2D eigenvalue weighted by Crippen LogP contribution is 2.18. The van der Waals surface area contributed by atoms with Gasteiger partial charge in [-0.3, -0.25) is 4.79 Å². The van der Waals surface area contributed by atoms with Gasteiger partial charge in [-0.1, -0.05) is 60.1 Å². The molecule has 7 heteroatoms. The van der Waals surface area contributed by atoms with E-state index < -0.39 is 10.0 Å². The SMILES string of the molecule is CN(Cc1ccccc1)C(=O)CCN(Cc1ccccc1Cl)S(C)(=O)=O. The maximum atomic E-state index is 12.4. The molecule has 2 aromatic carbocycles. The highest BCUT2D eigenvalue weighted by Gasteiger charge is 2.20. The van der Waals surface area contributed by atoms with Gasteiger partial charge in [0.05, 0.1) is 6.26 Å². The van der Waals surface area contributed by atoms with Crippen LogP contribution in [0.1, 0.15) is 17.5 Å². The van der Waals surface area contributed by atoms with Gasteiger partial charge in [0.1, 0.15) is 0 Å². The Kier molecular flexibility index (Phi) is 7.20. The van der Waals surface area contributed by atoms with E-state index in [9.17, 15) is 13.2 Å². The summed E-state index contributed by atoms with van der Waals surface area (Å²) in [4.78, 5) is 14.0. The van der Waals surface area contributed by atoms with Gasteiger partial charge >= 0.3 is 0 Å². The van der Waals surface area contributed by atoms with Crippen LogP contribution in [-0.2, 0) is 27.9 Å². The molecular weight excluding hydrogens is 372 g/mol. The Labute approximate surface area is 160 Å². The van der Waals surface area contributed by atoms with Crippen molar-refractivity contribution >= 4 is 27.5 Å². The van der Waals surface area contributed by atoms with Crippen LogP contribution in [0.4, 0.5) is 0 Å². The Bertz CT molecular complexity index is 841. The van der Waals surface area contributed by atoms with E-state index in [-0.39, 0.29) is 25.4 Å². The maximum Gasteiger partial charge on any atom is 0.223 e. The van der Waals surface area contributed by atoms with Crippen LogP contribution in [0.2, 0.25) is 5.02 Å². The number of rotatable bonds is 8. The number of hydrogen-bond acceptors (Lipinski definition) is 3. The molecule has 0 aliphatic rings. The highest BCUT2D eigenvalue weighted by molar-refractivity contribution is 7.88. The average Bonchev–Trinajstić information content (AvgIpc) is 2.59. The van der Waals surface area contributed by atoms with E-state index in [0.29, 0.717) is 17.1 Å². The van der Waals surface area contributed by atoms with Crippen LogP contribution in [0.5, 0.6) is 0 Å². The molecule has 0 bridgehead atoms. The van der Waals surface area contributed by atoms with Crippen LogP contribution in [0, 0.1) is 0 Å². The Morgan fingerprint density at radius 2 is 1.62 bits per heavy atom. The predicted molar refractivity (Wildman–Crippen MR) is 104 cm³/mol. The minimum Gasteiger partial charge on any atom is -0.341 e. The largest absolute Gasteiger partial charge is 0.341 e. The van der Waals surface area contributed by atoms with Gasteiger partial charge in [-0.15, -0.1) is 0 Å². The Hall–Kier alpha value is -1.89. The molecule has 140 valence electrons. The molecule has 0 unspecified atom stereocenters. The number of nitrogens with zero attached hydrogens (tertiary/aromatic N) is 2. The third-order valence-electron chi connectivity index (χ3n) is 4.04. The first kappa shape index (κ1) is 20.4. The molecule has 1 amide bonds. The van der Waals surface area contributed by atoms with Crippen LogP contribution in [0.25, 0.3) is 0 Å². The maximum absolute atomic E-state index is 12.4. The van der Waals surface area contributed by atoms with Crippen LogP contribution < -0.4 is 0 Å². The van der Waals surface area contributed by atoms with Gasteiger partial charge < -0.3 is 4.90 Å². The molecule has 0 heterocycles. The third-order valence-corrected chi connectivity index (χ3v) is 5.66. The molecule has 2 rings (SSSR count). The smallest absolute Gasteiger partial charge is 0.223 e. The van der Waals surface area contributed by atoms with Gasteiger partial charge in [0, 0.05) is 38.1 Å². The molecule has 0 radical (unpaired) electrons. The number of carbonyl (C=O) groups excluding carboxylic acids is 1. The van der Waals surface area contributed by atoms with Gasteiger partial charge in [-0.05, 0) is 17.2 Å². The lowest BCUT2D eigenvalue weighted by atomic mass is 10.2. The summed E-state index contributed by atoms with van der Waals surface area (Å²) in [6.07, 6.45) is 1.25. The molecule has 5 nitrogen and oxygen atoms in total. The van der Waals surface area contributed by atoms with Crippen LogP contribution in [-0.4, -0.2) is 43.4 Å². The summed E-state index contributed by atoms with van der Waals surface area (Å²) >= 11 is 6.13. The minimum atomic E-state index is -3.46. The van der Waals surface area contributed by atoms with Crippen LogP contribution in [0.15, 0.2) is 54.6 Å². The quantitative estimate of drug-likeness (QED) is 0.691. The standard InChI is InChI=1S/C19H23ClN2O3S/c1-21(14-16-8-4-3-5-9-16)19(23)12-13-22(26(2,24)25)15-17-10-6-7-11-18(17)20/h3-11H,12-15H2,1-2H3. The molecule has 0 aromatic heterocycles. The molecule has 0 spiro atoms. The van der Waals surface area contributed by atoms with E-state index in [1.165, 1.54) is 4.31 Å². The summed E-state index contributed by atoms with van der Waals surface area (Å²) in [7, 11) is -1.74. The fourth-order valence-corrected chi connectivity index (χ4v) is 3.53. The predicted octanol–water partition coefficient (Wildman–Crippen LogP) is 3.15. The van der Waals surface area contributed by atoms with Crippen molar-refractivity contribution in [2.24, 2.45) is 0 Å². The summed E-state index contributed by atoms with van der Waals surface area (Å²) in [6.45, 7) is 0.749. The Morgan fingerprint density at radius 3 is 2.23 bits per heavy atom. The van der Waals surface area contributed by atoms with Crippen molar-refractivity contribution in [3.05, 3.63) is 70.7 Å². The summed E-state index contributed by atoms with van der Waals surface area (Å²) in [5, 5.41) is 0.508. The topological polar surface area (TPSA) is 57.7 Å². The lowest BCUT2D eigenvalue weighted by Gasteiger charge is -2.22. The lowest BCUT2D eigenvalue weighted by Crippen LogP contribution is -2.35. The van der Waals surface area contributed by atoms with Gasteiger partial charge in [-0.25, -0.2) is 8.42 Å². The molecular formula is C19H23ClN2O3S. The number of carbonyl (C=O) groups is 1. The summed E-state index contributed by atoms with van der Waals surface area (Å²) in [5.41, 5.74) is 1.74. The zero-order chi connectivity index (χ0) is 19.2. The second-order valence-electron chi connectivity index (χ2n) is 6.17. The van der Waals surface area contributed by atoms with Gasteiger partial charge in [0.25, 0.3) is 0 Å². The first-order valence-electron chi connectivity index (χ1n) is 8.24. The van der Waals surface area contributed by atoms with E-state index in [1.807, 2.05) is 30.3 Å². The van der Waals surface area contributed by atoms with Gasteiger partial charge in [0.15, 0.2) is 0 Å². The fraction of sp³-hybridized carbons (Fsp3) is 0.316. The van der Waals surface area contributed by atoms with Crippen LogP contribution in [0.3, 0.4) is 0 Å². The van der Waals surface area contributed by atoms with Crippen molar-refractivity contribution in [2.45, 2.75) is 19.5 Å². The van der Waals surface area contributed by atoms with E-state index in [4.69, 9.17) is 11.6 Å². The van der Waals surface area contributed by atoms with Crippen LogP contribution >= 0.6 is 11.6 Å². The molecule has 2 aromatic rings. The number of halogens is 1. The van der Waals surface area contributed by atoms with E-state index >= 15 is 0 Å². The highest BCUT2D eigenvalue weighted by atomic mass is 35.5. The van der Waals surface area contributed by atoms with E-state index in [2.05, 4.69) is 0 Å². The number of benzene rings is 2. The second-order valence-corrected chi connectivity index (χ2v) is 8.56. The lowest BCUT2D eigenvalue weighted by molar-refractivity contribution is -0.130. The molecule has 0 saturated heterocycles. The first-order chi connectivity index (χ1) is 12.3.